The summed E-state index contributed by atoms with van der Waals surface area (Å²) in [5, 5.41) is 8.86. The summed E-state index contributed by atoms with van der Waals surface area (Å²) in [4.78, 5) is 22.9. The standard InChI is InChI=1S/C18H26O4/c1-4-6-16(8-5-7-13(2)3)22-18(21)15-11-9-14(10-12-15)17(19)20/h9-13,16H,4-8H2,1-3H3,(H,19,20). The topological polar surface area (TPSA) is 63.6 Å². The van der Waals surface area contributed by atoms with Crippen LogP contribution in [0.5, 0.6) is 0 Å². The van der Waals surface area contributed by atoms with E-state index in [1.807, 2.05) is 0 Å². The fraction of sp³-hybridized carbons (Fsp3) is 0.556. The lowest BCUT2D eigenvalue weighted by Crippen LogP contribution is -2.18. The van der Waals surface area contributed by atoms with Crippen LogP contribution in [0.2, 0.25) is 0 Å². The van der Waals surface area contributed by atoms with E-state index >= 15 is 0 Å². The van der Waals surface area contributed by atoms with Crippen molar-refractivity contribution in [1.82, 2.24) is 0 Å². The van der Waals surface area contributed by atoms with Crippen molar-refractivity contribution in [2.45, 2.75) is 59.0 Å². The van der Waals surface area contributed by atoms with E-state index in [0.29, 0.717) is 11.5 Å². The van der Waals surface area contributed by atoms with Crippen molar-refractivity contribution in [3.05, 3.63) is 35.4 Å². The molecule has 4 nitrogen and oxygen atoms in total. The zero-order valence-electron chi connectivity index (χ0n) is 13.7. The summed E-state index contributed by atoms with van der Waals surface area (Å²) in [6.45, 7) is 6.45. The highest BCUT2D eigenvalue weighted by atomic mass is 16.5. The predicted molar refractivity (Wildman–Crippen MR) is 86.2 cm³/mol. The third-order valence-electron chi connectivity index (χ3n) is 3.56. The van der Waals surface area contributed by atoms with Crippen molar-refractivity contribution in [3.63, 3.8) is 0 Å². The van der Waals surface area contributed by atoms with Gasteiger partial charge >= 0.3 is 11.9 Å². The van der Waals surface area contributed by atoms with Crippen molar-refractivity contribution in [2.75, 3.05) is 0 Å². The maximum Gasteiger partial charge on any atom is 0.338 e. The fourth-order valence-corrected chi connectivity index (χ4v) is 2.31. The smallest absolute Gasteiger partial charge is 0.338 e. The monoisotopic (exact) mass is 306 g/mol. The molecule has 1 aromatic rings. The van der Waals surface area contributed by atoms with Gasteiger partial charge in [0.25, 0.3) is 0 Å². The van der Waals surface area contributed by atoms with Crippen LogP contribution in [-0.4, -0.2) is 23.1 Å². The first-order chi connectivity index (χ1) is 10.4. The zero-order valence-corrected chi connectivity index (χ0v) is 13.7. The van der Waals surface area contributed by atoms with Crippen molar-refractivity contribution in [3.8, 4) is 0 Å². The number of carboxylic acids is 1. The quantitative estimate of drug-likeness (QED) is 0.680. The van der Waals surface area contributed by atoms with E-state index < -0.39 is 5.97 Å². The third-order valence-corrected chi connectivity index (χ3v) is 3.56. The molecule has 122 valence electrons. The van der Waals surface area contributed by atoms with Gasteiger partial charge in [-0.15, -0.1) is 0 Å². The average Bonchev–Trinajstić information content (AvgIpc) is 2.47. The summed E-state index contributed by atoms with van der Waals surface area (Å²) < 4.78 is 5.57. The minimum atomic E-state index is -1.00. The summed E-state index contributed by atoms with van der Waals surface area (Å²) in [6, 6.07) is 5.85. The number of hydrogen-bond donors (Lipinski definition) is 1. The summed E-state index contributed by atoms with van der Waals surface area (Å²) in [7, 11) is 0. The van der Waals surface area contributed by atoms with E-state index in [1.54, 1.807) is 0 Å². The molecule has 1 aromatic carbocycles. The zero-order chi connectivity index (χ0) is 16.5. The maximum atomic E-state index is 12.1. The Morgan fingerprint density at radius 3 is 2.14 bits per heavy atom. The van der Waals surface area contributed by atoms with Gasteiger partial charge < -0.3 is 9.84 Å². The van der Waals surface area contributed by atoms with Gasteiger partial charge in [-0.05, 0) is 49.4 Å². The van der Waals surface area contributed by atoms with Crippen molar-refractivity contribution < 1.29 is 19.4 Å². The molecule has 1 rings (SSSR count). The van der Waals surface area contributed by atoms with Gasteiger partial charge in [-0.25, -0.2) is 9.59 Å². The third kappa shape index (κ3) is 6.29. The first-order valence-electron chi connectivity index (χ1n) is 7.98. The first-order valence-corrected chi connectivity index (χ1v) is 7.98. The van der Waals surface area contributed by atoms with E-state index in [9.17, 15) is 9.59 Å². The van der Waals surface area contributed by atoms with E-state index in [0.717, 1.165) is 32.1 Å². The van der Waals surface area contributed by atoms with Crippen LogP contribution in [0.15, 0.2) is 24.3 Å². The molecule has 0 aliphatic heterocycles. The molecule has 0 fully saturated rings. The number of carbonyl (C=O) groups is 2. The molecule has 0 radical (unpaired) electrons. The van der Waals surface area contributed by atoms with Crippen LogP contribution < -0.4 is 0 Å². The number of hydrogen-bond acceptors (Lipinski definition) is 3. The molecular weight excluding hydrogens is 280 g/mol. The van der Waals surface area contributed by atoms with Gasteiger partial charge in [-0.1, -0.05) is 33.6 Å². The van der Waals surface area contributed by atoms with Gasteiger partial charge in [0, 0.05) is 0 Å². The summed E-state index contributed by atoms with van der Waals surface area (Å²) in [5.74, 6) is -0.723. The Morgan fingerprint density at radius 1 is 1.05 bits per heavy atom. The second-order valence-corrected chi connectivity index (χ2v) is 6.02. The van der Waals surface area contributed by atoms with Gasteiger partial charge in [-0.3, -0.25) is 0 Å². The molecule has 0 amide bonds. The lowest BCUT2D eigenvalue weighted by molar-refractivity contribution is 0.0252. The van der Waals surface area contributed by atoms with E-state index in [4.69, 9.17) is 9.84 Å². The Hall–Kier alpha value is -1.84. The van der Waals surface area contributed by atoms with Gasteiger partial charge in [0.05, 0.1) is 11.1 Å². The van der Waals surface area contributed by atoms with Crippen LogP contribution in [0, 0.1) is 5.92 Å². The van der Waals surface area contributed by atoms with Crippen molar-refractivity contribution >= 4 is 11.9 Å². The van der Waals surface area contributed by atoms with Crippen molar-refractivity contribution in [1.29, 1.82) is 0 Å². The molecule has 22 heavy (non-hydrogen) atoms. The second kappa shape index (κ2) is 9.23. The molecule has 1 N–H and O–H groups in total. The number of aromatic carboxylic acids is 1. The van der Waals surface area contributed by atoms with Crippen LogP contribution in [0.3, 0.4) is 0 Å². The lowest BCUT2D eigenvalue weighted by Gasteiger charge is -2.18. The number of ether oxygens (including phenoxy) is 1. The van der Waals surface area contributed by atoms with Crippen LogP contribution in [0.1, 0.15) is 73.6 Å². The largest absolute Gasteiger partial charge is 0.478 e. The summed E-state index contributed by atoms with van der Waals surface area (Å²) in [5.41, 5.74) is 0.563. The average molecular weight is 306 g/mol. The number of carboxylic acid groups (broad SMARTS) is 1. The Bertz CT molecular complexity index is 476. The second-order valence-electron chi connectivity index (χ2n) is 6.02. The minimum Gasteiger partial charge on any atom is -0.478 e. The number of benzene rings is 1. The molecule has 0 spiro atoms. The van der Waals surface area contributed by atoms with E-state index in [-0.39, 0.29) is 17.6 Å². The number of carbonyl (C=O) groups excluding carboxylic acids is 1. The molecule has 1 unspecified atom stereocenters. The SMILES string of the molecule is CCCC(CCCC(C)C)OC(=O)c1ccc(C(=O)O)cc1. The van der Waals surface area contributed by atoms with Gasteiger partial charge in [0.15, 0.2) is 0 Å². The minimum absolute atomic E-state index is 0.0598. The van der Waals surface area contributed by atoms with Crippen LogP contribution >= 0.6 is 0 Å². The molecule has 0 aliphatic carbocycles. The van der Waals surface area contributed by atoms with Gasteiger partial charge in [0.1, 0.15) is 6.10 Å². The molecule has 0 saturated heterocycles. The first kappa shape index (κ1) is 18.2. The summed E-state index contributed by atoms with van der Waals surface area (Å²) >= 11 is 0. The highest BCUT2D eigenvalue weighted by Gasteiger charge is 2.16. The van der Waals surface area contributed by atoms with Crippen LogP contribution in [0.4, 0.5) is 0 Å². The molecule has 0 aromatic heterocycles. The molecule has 0 bridgehead atoms. The Balaban J connectivity index is 2.59. The molecule has 1 atom stereocenters. The summed E-state index contributed by atoms with van der Waals surface area (Å²) in [6.07, 6.45) is 4.83. The van der Waals surface area contributed by atoms with Crippen LogP contribution in [-0.2, 0) is 4.74 Å². The number of rotatable bonds is 9. The van der Waals surface area contributed by atoms with Gasteiger partial charge in [-0.2, -0.15) is 0 Å². The molecule has 4 heteroatoms. The highest BCUT2D eigenvalue weighted by molar-refractivity contribution is 5.92. The van der Waals surface area contributed by atoms with Crippen molar-refractivity contribution in [2.24, 2.45) is 5.92 Å². The van der Waals surface area contributed by atoms with E-state index in [1.165, 1.54) is 24.3 Å². The fourth-order valence-electron chi connectivity index (χ4n) is 2.31. The molecular formula is C18H26O4. The van der Waals surface area contributed by atoms with E-state index in [2.05, 4.69) is 20.8 Å². The lowest BCUT2D eigenvalue weighted by atomic mass is 10.0. The predicted octanol–water partition coefficient (Wildman–Crippen LogP) is 4.54. The number of esters is 1. The molecule has 0 aliphatic rings. The van der Waals surface area contributed by atoms with Crippen LogP contribution in [0.25, 0.3) is 0 Å². The normalized spacial score (nSPS) is 12.2. The highest BCUT2D eigenvalue weighted by Crippen LogP contribution is 2.16. The van der Waals surface area contributed by atoms with Gasteiger partial charge in [0.2, 0.25) is 0 Å². The Kier molecular flexibility index (Phi) is 7.64. The maximum absolute atomic E-state index is 12.1. The Morgan fingerprint density at radius 2 is 1.64 bits per heavy atom. The molecule has 0 saturated carbocycles. The Labute approximate surface area is 132 Å². The molecule has 0 heterocycles.